The number of hydrogen-bond acceptors (Lipinski definition) is 9. The molecule has 176 valence electrons. The van der Waals surface area contributed by atoms with E-state index in [4.69, 9.17) is 23.7 Å². The first-order valence-electron chi connectivity index (χ1n) is 10.2. The van der Waals surface area contributed by atoms with Gasteiger partial charge in [-0.25, -0.2) is 4.79 Å². The minimum absolute atomic E-state index is 0.0739. The fourth-order valence-corrected chi connectivity index (χ4v) is 3.79. The molecule has 1 amide bonds. The van der Waals surface area contributed by atoms with E-state index in [1.165, 1.54) is 6.92 Å². The van der Waals surface area contributed by atoms with E-state index < -0.39 is 58.8 Å². The van der Waals surface area contributed by atoms with Crippen LogP contribution in [0.25, 0.3) is 0 Å². The van der Waals surface area contributed by atoms with E-state index >= 15 is 0 Å². The number of hydrogen-bond donors (Lipinski definition) is 1. The molecule has 11 heteroatoms. The minimum Gasteiger partial charge on any atom is -0.463 e. The van der Waals surface area contributed by atoms with Gasteiger partial charge in [0.05, 0.1) is 13.2 Å². The Balaban J connectivity index is 2.36. The SMILES string of the molecule is C=C(C[C@@H]([C@@H](NC(C)=O)[C@H]1OC(C)(C)O[C@@H]1[C@H]1COC(C)(C)O1)[N+](=O)[O-])C(=O)OCC. The molecule has 0 spiro atoms. The molecule has 0 radical (unpaired) electrons. The van der Waals surface area contributed by atoms with Crippen molar-refractivity contribution < 1.29 is 38.2 Å². The summed E-state index contributed by atoms with van der Waals surface area (Å²) in [5.41, 5.74) is -0.0739. The summed E-state index contributed by atoms with van der Waals surface area (Å²) in [7, 11) is 0. The Hall–Kier alpha value is -2.08. The van der Waals surface area contributed by atoms with E-state index in [0.717, 1.165) is 0 Å². The first-order valence-corrected chi connectivity index (χ1v) is 10.2. The second-order valence-corrected chi connectivity index (χ2v) is 8.54. The number of carbonyl (C=O) groups excluding carboxylic acids is 2. The molecule has 0 bridgehead atoms. The van der Waals surface area contributed by atoms with Crippen molar-refractivity contribution in [2.45, 2.75) is 89.9 Å². The second-order valence-electron chi connectivity index (χ2n) is 8.54. The van der Waals surface area contributed by atoms with Crippen LogP contribution >= 0.6 is 0 Å². The predicted molar refractivity (Wildman–Crippen MR) is 108 cm³/mol. The molecule has 0 saturated carbocycles. The molecule has 0 unspecified atom stereocenters. The van der Waals surface area contributed by atoms with E-state index in [0.29, 0.717) is 0 Å². The zero-order chi connectivity index (χ0) is 23.6. The van der Waals surface area contributed by atoms with Crippen molar-refractivity contribution in [3.63, 3.8) is 0 Å². The van der Waals surface area contributed by atoms with Crippen molar-refractivity contribution in [2.24, 2.45) is 0 Å². The molecule has 2 aliphatic rings. The Bertz CT molecular complexity index is 721. The molecule has 0 aliphatic carbocycles. The van der Waals surface area contributed by atoms with Crippen LogP contribution in [-0.2, 0) is 33.3 Å². The van der Waals surface area contributed by atoms with Crippen LogP contribution in [0.2, 0.25) is 0 Å². The summed E-state index contributed by atoms with van der Waals surface area (Å²) in [5.74, 6) is -3.16. The third-order valence-electron chi connectivity index (χ3n) is 4.99. The number of esters is 1. The highest BCUT2D eigenvalue weighted by Crippen LogP contribution is 2.38. The van der Waals surface area contributed by atoms with Crippen LogP contribution in [0, 0.1) is 10.1 Å². The zero-order valence-corrected chi connectivity index (χ0v) is 18.8. The molecule has 2 rings (SSSR count). The fraction of sp³-hybridized carbons (Fsp3) is 0.800. The summed E-state index contributed by atoms with van der Waals surface area (Å²) in [4.78, 5) is 35.4. The Kier molecular flexibility index (Phi) is 7.79. The van der Waals surface area contributed by atoms with Gasteiger partial charge in [-0.05, 0) is 34.6 Å². The van der Waals surface area contributed by atoms with Crippen molar-refractivity contribution in [3.05, 3.63) is 22.3 Å². The summed E-state index contributed by atoms with van der Waals surface area (Å²) in [5, 5.41) is 14.6. The Labute approximate surface area is 181 Å². The third-order valence-corrected chi connectivity index (χ3v) is 4.99. The van der Waals surface area contributed by atoms with Crippen LogP contribution in [0.3, 0.4) is 0 Å². The quantitative estimate of drug-likeness (QED) is 0.242. The van der Waals surface area contributed by atoms with Gasteiger partial charge in [0.25, 0.3) is 0 Å². The van der Waals surface area contributed by atoms with Crippen molar-refractivity contribution in [2.75, 3.05) is 13.2 Å². The number of ether oxygens (including phenoxy) is 5. The summed E-state index contributed by atoms with van der Waals surface area (Å²) in [6.45, 7) is 13.6. The molecular weight excluding hydrogens is 412 g/mol. The maximum absolute atomic E-state index is 12.0. The maximum atomic E-state index is 12.0. The van der Waals surface area contributed by atoms with Gasteiger partial charge in [0.15, 0.2) is 11.6 Å². The van der Waals surface area contributed by atoms with E-state index in [-0.39, 0.29) is 25.2 Å². The van der Waals surface area contributed by atoms with Crippen molar-refractivity contribution >= 4 is 11.9 Å². The predicted octanol–water partition coefficient (Wildman–Crippen LogP) is 1.32. The molecule has 31 heavy (non-hydrogen) atoms. The topological polar surface area (TPSA) is 135 Å². The molecule has 2 saturated heterocycles. The lowest BCUT2D eigenvalue weighted by Crippen LogP contribution is -2.58. The van der Waals surface area contributed by atoms with Gasteiger partial charge in [-0.1, -0.05) is 6.58 Å². The largest absolute Gasteiger partial charge is 0.463 e. The van der Waals surface area contributed by atoms with Gasteiger partial charge in [0.2, 0.25) is 11.9 Å². The van der Waals surface area contributed by atoms with E-state index in [9.17, 15) is 19.7 Å². The number of nitro groups is 1. The second kappa shape index (κ2) is 9.60. The summed E-state index contributed by atoms with van der Waals surface area (Å²) in [6.07, 6.45) is -2.60. The van der Waals surface area contributed by atoms with Gasteiger partial charge < -0.3 is 29.0 Å². The average Bonchev–Trinajstić information content (AvgIpc) is 3.15. The Morgan fingerprint density at radius 2 is 1.87 bits per heavy atom. The average molecular weight is 444 g/mol. The van der Waals surface area contributed by atoms with Crippen LogP contribution in [0.5, 0.6) is 0 Å². The minimum atomic E-state index is -1.42. The molecule has 5 atom stereocenters. The first kappa shape index (κ1) is 25.2. The number of nitrogens with one attached hydrogen (secondary N) is 1. The van der Waals surface area contributed by atoms with Crippen LogP contribution in [0.1, 0.15) is 48.0 Å². The van der Waals surface area contributed by atoms with Gasteiger partial charge in [-0.2, -0.15) is 0 Å². The number of carbonyl (C=O) groups is 2. The molecule has 0 aromatic carbocycles. The molecule has 0 aromatic heterocycles. The van der Waals surface area contributed by atoms with E-state index in [1.54, 1.807) is 34.6 Å². The highest BCUT2D eigenvalue weighted by molar-refractivity contribution is 5.87. The van der Waals surface area contributed by atoms with Crippen molar-refractivity contribution in [3.8, 4) is 0 Å². The van der Waals surface area contributed by atoms with Gasteiger partial charge in [-0.15, -0.1) is 0 Å². The van der Waals surface area contributed by atoms with Gasteiger partial charge in [-0.3, -0.25) is 14.9 Å². The summed E-state index contributed by atoms with van der Waals surface area (Å²) < 4.78 is 28.4. The zero-order valence-electron chi connectivity index (χ0n) is 18.8. The lowest BCUT2D eigenvalue weighted by Gasteiger charge is -2.31. The Morgan fingerprint density at radius 1 is 1.23 bits per heavy atom. The van der Waals surface area contributed by atoms with E-state index in [1.807, 2.05) is 0 Å². The summed E-state index contributed by atoms with van der Waals surface area (Å²) >= 11 is 0. The van der Waals surface area contributed by atoms with Crippen molar-refractivity contribution in [1.82, 2.24) is 5.32 Å². The number of amides is 1. The maximum Gasteiger partial charge on any atom is 0.333 e. The monoisotopic (exact) mass is 444 g/mol. The normalized spacial score (nSPS) is 28.5. The first-order chi connectivity index (χ1) is 14.3. The van der Waals surface area contributed by atoms with Crippen LogP contribution in [-0.4, -0.2) is 72.0 Å². The molecule has 2 heterocycles. The van der Waals surface area contributed by atoms with Crippen molar-refractivity contribution in [1.29, 1.82) is 0 Å². The van der Waals surface area contributed by atoms with Crippen LogP contribution in [0.4, 0.5) is 0 Å². The number of nitrogens with zero attached hydrogens (tertiary/aromatic N) is 1. The smallest absolute Gasteiger partial charge is 0.333 e. The van der Waals surface area contributed by atoms with Gasteiger partial charge in [0.1, 0.15) is 24.4 Å². The molecule has 2 fully saturated rings. The highest BCUT2D eigenvalue weighted by atomic mass is 16.8. The lowest BCUT2D eigenvalue weighted by molar-refractivity contribution is -0.528. The third kappa shape index (κ3) is 6.45. The van der Waals surface area contributed by atoms with Gasteiger partial charge in [0, 0.05) is 23.8 Å². The molecule has 11 nitrogen and oxygen atoms in total. The van der Waals surface area contributed by atoms with Crippen LogP contribution in [0.15, 0.2) is 12.2 Å². The van der Waals surface area contributed by atoms with Crippen LogP contribution < -0.4 is 5.32 Å². The van der Waals surface area contributed by atoms with E-state index in [2.05, 4.69) is 11.9 Å². The fourth-order valence-electron chi connectivity index (χ4n) is 3.79. The van der Waals surface area contributed by atoms with Gasteiger partial charge >= 0.3 is 5.97 Å². The summed E-state index contributed by atoms with van der Waals surface area (Å²) in [6, 6.07) is -2.54. The molecule has 1 N–H and O–H groups in total. The lowest BCUT2D eigenvalue weighted by atomic mass is 9.91. The highest BCUT2D eigenvalue weighted by Gasteiger charge is 2.55. The molecule has 0 aromatic rings. The standard InChI is InChI=1S/C20H32N2O9/c1-8-27-18(24)11(2)9-13(22(25)26)15(21-12(3)23)17-16(30-20(6,7)31-17)14-10-28-19(4,5)29-14/h13-17H,2,8-10H2,1,3-7H3,(H,21,23)/t13-,14+,15+,16+,17+/m0/s1. The Morgan fingerprint density at radius 3 is 2.35 bits per heavy atom. The molecule has 2 aliphatic heterocycles. The molecular formula is C20H32N2O9. The number of rotatable bonds is 9.